The number of likely N-dealkylation sites (N-methyl/N-ethyl adjacent to an activating group) is 1. The lowest BCUT2D eigenvalue weighted by atomic mass is 10.1. The summed E-state index contributed by atoms with van der Waals surface area (Å²) in [5, 5.41) is 0.973. The van der Waals surface area contributed by atoms with Crippen molar-refractivity contribution >= 4 is 56.5 Å². The predicted molar refractivity (Wildman–Crippen MR) is 145 cm³/mol. The summed E-state index contributed by atoms with van der Waals surface area (Å²) in [5.41, 5.74) is 1.26. The highest BCUT2D eigenvalue weighted by molar-refractivity contribution is 7.92. The third-order valence-electron chi connectivity index (χ3n) is 5.93. The second-order valence-electron chi connectivity index (χ2n) is 8.57. The molecule has 0 aliphatic carbocycles. The molecule has 7 nitrogen and oxygen atoms in total. The maximum Gasteiger partial charge on any atom is 0.253 e. The van der Waals surface area contributed by atoms with Gasteiger partial charge in [-0.25, -0.2) is 12.8 Å². The Kier molecular flexibility index (Phi) is 8.43. The van der Waals surface area contributed by atoms with Crippen LogP contribution >= 0.6 is 22.9 Å². The number of thiophene rings is 1. The first-order valence-electron chi connectivity index (χ1n) is 11.5. The predicted octanol–water partition coefficient (Wildman–Crippen LogP) is 4.55. The van der Waals surface area contributed by atoms with E-state index in [0.29, 0.717) is 22.2 Å². The fourth-order valence-corrected chi connectivity index (χ4v) is 6.03. The van der Waals surface area contributed by atoms with Crippen molar-refractivity contribution in [1.29, 1.82) is 0 Å². The fraction of sp³-hybridized carbons (Fsp3) is 0.231. The molecule has 1 fully saturated rings. The minimum Gasteiger partial charge on any atom is -0.341 e. The molecule has 0 spiro atoms. The van der Waals surface area contributed by atoms with Gasteiger partial charge in [-0.05, 0) is 54.8 Å². The quantitative estimate of drug-likeness (QED) is 0.415. The van der Waals surface area contributed by atoms with Gasteiger partial charge in [0, 0.05) is 36.0 Å². The van der Waals surface area contributed by atoms with Crippen molar-refractivity contribution in [2.75, 3.05) is 25.0 Å². The van der Waals surface area contributed by atoms with Gasteiger partial charge in [0.1, 0.15) is 11.9 Å². The number of amides is 2. The first-order valence-corrected chi connectivity index (χ1v) is 14.2. The Morgan fingerprint density at radius 1 is 1.22 bits per heavy atom. The molecule has 1 saturated heterocycles. The Labute approximate surface area is 224 Å². The van der Waals surface area contributed by atoms with Crippen LogP contribution in [0.15, 0.2) is 66.1 Å². The van der Waals surface area contributed by atoms with Crippen LogP contribution in [0, 0.1) is 5.82 Å². The van der Waals surface area contributed by atoms with E-state index in [1.807, 2.05) is 30.3 Å². The minimum atomic E-state index is -3.91. The monoisotopic (exact) mass is 561 g/mol. The molecule has 11 heteroatoms. The average Bonchev–Trinajstić information content (AvgIpc) is 3.46. The Bertz CT molecular complexity index is 1430. The third kappa shape index (κ3) is 6.84. The lowest BCUT2D eigenvalue weighted by Crippen LogP contribution is -2.41. The van der Waals surface area contributed by atoms with E-state index in [4.69, 9.17) is 11.6 Å². The number of halogens is 2. The highest BCUT2D eigenvalue weighted by Crippen LogP contribution is 2.27. The van der Waals surface area contributed by atoms with Crippen molar-refractivity contribution in [3.63, 3.8) is 0 Å². The van der Waals surface area contributed by atoms with Gasteiger partial charge in [-0.1, -0.05) is 41.9 Å². The summed E-state index contributed by atoms with van der Waals surface area (Å²) < 4.78 is 42.8. The highest BCUT2D eigenvalue weighted by Gasteiger charge is 2.36. The molecule has 2 heterocycles. The number of sulfonamides is 1. The van der Waals surface area contributed by atoms with Crippen LogP contribution in [0.4, 0.5) is 10.1 Å². The lowest BCUT2D eigenvalue weighted by molar-refractivity contribution is -0.118. The summed E-state index contributed by atoms with van der Waals surface area (Å²) in [7, 11) is -2.26. The average molecular weight is 562 g/mol. The van der Waals surface area contributed by atoms with Gasteiger partial charge < -0.3 is 9.80 Å². The summed E-state index contributed by atoms with van der Waals surface area (Å²) in [6.45, 7) is 0.601. The summed E-state index contributed by atoms with van der Waals surface area (Å²) >= 11 is 7.07. The van der Waals surface area contributed by atoms with Crippen LogP contribution in [-0.2, 0) is 21.2 Å². The molecule has 0 unspecified atom stereocenters. The molecular weight excluding hydrogens is 537 g/mol. The Balaban J connectivity index is 1.38. The molecular formula is C26H25ClFN3O4S2. The summed E-state index contributed by atoms with van der Waals surface area (Å²) in [6.07, 6.45) is 2.24. The molecule has 194 valence electrons. The molecule has 1 aliphatic rings. The zero-order valence-corrected chi connectivity index (χ0v) is 22.3. The van der Waals surface area contributed by atoms with Gasteiger partial charge in [0.2, 0.25) is 15.9 Å². The molecule has 0 radical (unpaired) electrons. The standard InChI is InChI=1S/C26H25ClFN3O4S2/c1-30(14-11-18-5-3-2-4-6-18)25(32)19-7-9-23(21(28)17-19)31-15-12-22(26(31)33)29-37(34,35)16-13-20-8-10-24(27)36-20/h2-10,13,16-17,22,29H,11-12,14-15H2,1H3/b16-13+/t22-/m0/s1. The number of anilines is 1. The highest BCUT2D eigenvalue weighted by atomic mass is 35.5. The number of rotatable bonds is 9. The van der Waals surface area contributed by atoms with Gasteiger partial charge in [0.25, 0.3) is 5.91 Å². The second kappa shape index (κ2) is 11.6. The van der Waals surface area contributed by atoms with E-state index in [2.05, 4.69) is 4.72 Å². The van der Waals surface area contributed by atoms with Gasteiger partial charge >= 0.3 is 0 Å². The second-order valence-corrected chi connectivity index (χ2v) is 11.9. The molecule has 1 N–H and O–H groups in total. The van der Waals surface area contributed by atoms with E-state index >= 15 is 4.39 Å². The summed E-state index contributed by atoms with van der Waals surface area (Å²) in [6, 6.07) is 16.0. The summed E-state index contributed by atoms with van der Waals surface area (Å²) in [5.74, 6) is -1.62. The zero-order chi connectivity index (χ0) is 26.6. The molecule has 2 amide bonds. The lowest BCUT2D eigenvalue weighted by Gasteiger charge is -2.20. The number of hydrogen-bond acceptors (Lipinski definition) is 5. The first kappa shape index (κ1) is 27.0. The number of carbonyl (C=O) groups is 2. The van der Waals surface area contributed by atoms with Crippen LogP contribution in [0.5, 0.6) is 0 Å². The van der Waals surface area contributed by atoms with Crippen LogP contribution in [0.3, 0.4) is 0 Å². The minimum absolute atomic E-state index is 0.000967. The summed E-state index contributed by atoms with van der Waals surface area (Å²) in [4.78, 5) is 29.0. The smallest absolute Gasteiger partial charge is 0.253 e. The van der Waals surface area contributed by atoms with Crippen molar-refractivity contribution in [1.82, 2.24) is 9.62 Å². The molecule has 1 aliphatic heterocycles. The number of hydrogen-bond donors (Lipinski definition) is 1. The van der Waals surface area contributed by atoms with Crippen molar-refractivity contribution < 1.29 is 22.4 Å². The molecule has 1 atom stereocenters. The number of nitrogens with zero attached hydrogens (tertiary/aromatic N) is 2. The fourth-order valence-electron chi connectivity index (χ4n) is 3.96. The van der Waals surface area contributed by atoms with E-state index in [0.717, 1.165) is 17.0 Å². The first-order chi connectivity index (χ1) is 17.6. The molecule has 0 saturated carbocycles. The Hall–Kier alpha value is -3.05. The number of nitrogens with one attached hydrogen (secondary N) is 1. The maximum absolute atomic E-state index is 15.0. The largest absolute Gasteiger partial charge is 0.341 e. The number of benzene rings is 2. The van der Waals surface area contributed by atoms with Gasteiger partial charge in [-0.2, -0.15) is 4.72 Å². The van der Waals surface area contributed by atoms with Gasteiger partial charge in [-0.3, -0.25) is 9.59 Å². The Morgan fingerprint density at radius 3 is 2.65 bits per heavy atom. The zero-order valence-electron chi connectivity index (χ0n) is 19.9. The SMILES string of the molecule is CN(CCc1ccccc1)C(=O)c1ccc(N2CC[C@H](NS(=O)(=O)/C=C/c3ccc(Cl)s3)C2=O)c(F)c1. The van der Waals surface area contributed by atoms with Crippen molar-refractivity contribution in [3.8, 4) is 0 Å². The van der Waals surface area contributed by atoms with Crippen molar-refractivity contribution in [3.05, 3.63) is 92.2 Å². The van der Waals surface area contributed by atoms with Crippen molar-refractivity contribution in [2.45, 2.75) is 18.9 Å². The molecule has 4 rings (SSSR count). The van der Waals surface area contributed by atoms with Crippen molar-refractivity contribution in [2.24, 2.45) is 0 Å². The third-order valence-corrected chi connectivity index (χ3v) is 8.23. The topological polar surface area (TPSA) is 86.8 Å². The molecule has 0 bridgehead atoms. The van der Waals surface area contributed by atoms with Crippen LogP contribution < -0.4 is 9.62 Å². The van der Waals surface area contributed by atoms with Crippen LogP contribution in [0.2, 0.25) is 4.34 Å². The van der Waals surface area contributed by atoms with E-state index in [1.54, 1.807) is 19.2 Å². The van der Waals surface area contributed by atoms with E-state index in [1.165, 1.54) is 39.3 Å². The van der Waals surface area contributed by atoms with E-state index < -0.39 is 27.8 Å². The van der Waals surface area contributed by atoms with E-state index in [9.17, 15) is 18.0 Å². The van der Waals surface area contributed by atoms with Gasteiger partial charge in [0.05, 0.1) is 10.0 Å². The normalized spacial score (nSPS) is 16.0. The molecule has 3 aromatic rings. The van der Waals surface area contributed by atoms with Gasteiger partial charge in [0.15, 0.2) is 0 Å². The van der Waals surface area contributed by atoms with E-state index in [-0.39, 0.29) is 30.1 Å². The number of carbonyl (C=O) groups excluding carboxylic acids is 2. The molecule has 2 aromatic carbocycles. The maximum atomic E-state index is 15.0. The van der Waals surface area contributed by atoms with Crippen LogP contribution in [0.1, 0.15) is 27.2 Å². The van der Waals surface area contributed by atoms with Crippen LogP contribution in [0.25, 0.3) is 6.08 Å². The Morgan fingerprint density at radius 2 is 1.97 bits per heavy atom. The van der Waals surface area contributed by atoms with Gasteiger partial charge in [-0.15, -0.1) is 11.3 Å². The molecule has 37 heavy (non-hydrogen) atoms. The van der Waals surface area contributed by atoms with Crippen LogP contribution in [-0.4, -0.2) is 51.3 Å². The molecule has 1 aromatic heterocycles.